The van der Waals surface area contributed by atoms with Crippen LogP contribution in [0.15, 0.2) is 12.1 Å². The number of likely N-dealkylation sites (tertiary alicyclic amines) is 1. The Bertz CT molecular complexity index is 491. The van der Waals surface area contributed by atoms with Gasteiger partial charge in [0, 0.05) is 13.0 Å². The summed E-state index contributed by atoms with van der Waals surface area (Å²) in [7, 11) is 0. The molecular weight excluding hydrogens is 283 g/mol. The Kier molecular flexibility index (Phi) is 5.22. The number of benzene rings is 1. The number of hydrogen-bond acceptors (Lipinski definition) is 2. The van der Waals surface area contributed by atoms with Gasteiger partial charge in [0.2, 0.25) is 0 Å². The average molecular weight is 301 g/mol. The van der Waals surface area contributed by atoms with E-state index in [1.807, 2.05) is 4.90 Å². The highest BCUT2D eigenvalue weighted by Gasteiger charge is 2.20. The van der Waals surface area contributed by atoms with E-state index in [1.165, 1.54) is 0 Å². The molecule has 1 N–H and O–H groups in total. The molecule has 3 nitrogen and oxygen atoms in total. The number of carboxylic acid groups (broad SMARTS) is 1. The molecule has 116 valence electrons. The third-order valence-corrected chi connectivity index (χ3v) is 3.92. The van der Waals surface area contributed by atoms with E-state index in [0.29, 0.717) is 24.4 Å². The predicted molar refractivity (Wildman–Crippen MR) is 71.2 cm³/mol. The molecule has 1 fully saturated rings. The molecule has 0 unspecified atom stereocenters. The van der Waals surface area contributed by atoms with Crippen LogP contribution in [-0.4, -0.2) is 29.1 Å². The van der Waals surface area contributed by atoms with Gasteiger partial charge < -0.3 is 5.11 Å². The minimum atomic E-state index is -1.44. The Morgan fingerprint density at radius 1 is 1.19 bits per heavy atom. The normalized spacial score (nSPS) is 17.1. The molecular formula is C15H18F3NO2. The van der Waals surface area contributed by atoms with Crippen molar-refractivity contribution in [3.05, 3.63) is 35.1 Å². The van der Waals surface area contributed by atoms with E-state index in [9.17, 15) is 18.0 Å². The fourth-order valence-corrected chi connectivity index (χ4v) is 2.72. The number of rotatable bonds is 5. The highest BCUT2D eigenvalue weighted by atomic mass is 19.2. The Balaban J connectivity index is 1.85. The van der Waals surface area contributed by atoms with E-state index < -0.39 is 23.4 Å². The van der Waals surface area contributed by atoms with Crippen molar-refractivity contribution in [1.82, 2.24) is 4.90 Å². The molecule has 1 saturated heterocycles. The zero-order chi connectivity index (χ0) is 15.4. The molecule has 0 bridgehead atoms. The van der Waals surface area contributed by atoms with Gasteiger partial charge in [-0.05, 0) is 56.0 Å². The zero-order valence-electron chi connectivity index (χ0n) is 11.6. The molecule has 0 aromatic heterocycles. The van der Waals surface area contributed by atoms with Crippen molar-refractivity contribution in [3.8, 4) is 0 Å². The van der Waals surface area contributed by atoms with Crippen LogP contribution in [0.5, 0.6) is 0 Å². The summed E-state index contributed by atoms with van der Waals surface area (Å²) in [6.07, 6.45) is 2.60. The van der Waals surface area contributed by atoms with Gasteiger partial charge in [0.25, 0.3) is 0 Å². The molecule has 1 aromatic rings. The summed E-state index contributed by atoms with van der Waals surface area (Å²) in [4.78, 5) is 12.6. The van der Waals surface area contributed by atoms with E-state index >= 15 is 0 Å². The van der Waals surface area contributed by atoms with Gasteiger partial charge in [0.05, 0.1) is 0 Å². The molecule has 1 heterocycles. The molecule has 1 aliphatic heterocycles. The van der Waals surface area contributed by atoms with E-state index in [1.54, 1.807) is 0 Å². The lowest BCUT2D eigenvalue weighted by molar-refractivity contribution is -0.137. The van der Waals surface area contributed by atoms with Crippen LogP contribution >= 0.6 is 0 Å². The summed E-state index contributed by atoms with van der Waals surface area (Å²) in [5.74, 6) is -4.16. The SMILES string of the molecule is O=C(O)CCC1CCN(Cc2cc(F)c(F)c(F)c2)CC1. The molecule has 0 atom stereocenters. The number of piperidine rings is 1. The monoisotopic (exact) mass is 301 g/mol. The first-order chi connectivity index (χ1) is 9.95. The molecule has 0 saturated carbocycles. The van der Waals surface area contributed by atoms with Gasteiger partial charge in [-0.2, -0.15) is 0 Å². The first-order valence-electron chi connectivity index (χ1n) is 7.03. The van der Waals surface area contributed by atoms with E-state index in [-0.39, 0.29) is 6.42 Å². The number of nitrogens with zero attached hydrogens (tertiary/aromatic N) is 1. The second-order valence-corrected chi connectivity index (χ2v) is 5.53. The molecule has 0 spiro atoms. The second kappa shape index (κ2) is 6.93. The van der Waals surface area contributed by atoms with Crippen LogP contribution in [0.2, 0.25) is 0 Å². The van der Waals surface area contributed by atoms with Crippen LogP contribution in [0.25, 0.3) is 0 Å². The minimum absolute atomic E-state index is 0.180. The number of hydrogen-bond donors (Lipinski definition) is 1. The standard InChI is InChI=1S/C15H18F3NO2/c16-12-7-11(8-13(17)15(12)18)9-19-5-3-10(4-6-19)1-2-14(20)21/h7-8,10H,1-6,9H2,(H,20,21). The summed E-state index contributed by atoms with van der Waals surface area (Å²) in [6, 6.07) is 2.05. The topological polar surface area (TPSA) is 40.5 Å². The van der Waals surface area contributed by atoms with E-state index in [4.69, 9.17) is 5.11 Å². The van der Waals surface area contributed by atoms with Crippen molar-refractivity contribution in [1.29, 1.82) is 0 Å². The van der Waals surface area contributed by atoms with Gasteiger partial charge in [-0.25, -0.2) is 13.2 Å². The number of carboxylic acids is 1. The maximum atomic E-state index is 13.1. The highest BCUT2D eigenvalue weighted by molar-refractivity contribution is 5.66. The van der Waals surface area contributed by atoms with Crippen LogP contribution in [0, 0.1) is 23.4 Å². The van der Waals surface area contributed by atoms with Crippen molar-refractivity contribution in [2.45, 2.75) is 32.2 Å². The smallest absolute Gasteiger partial charge is 0.303 e. The first kappa shape index (κ1) is 15.8. The molecule has 21 heavy (non-hydrogen) atoms. The van der Waals surface area contributed by atoms with Gasteiger partial charge in [-0.1, -0.05) is 0 Å². The molecule has 6 heteroatoms. The first-order valence-corrected chi connectivity index (χ1v) is 7.03. The maximum absolute atomic E-state index is 13.1. The average Bonchev–Trinajstić information content (AvgIpc) is 2.44. The number of aliphatic carboxylic acids is 1. The van der Waals surface area contributed by atoms with Crippen LogP contribution in [0.1, 0.15) is 31.2 Å². The van der Waals surface area contributed by atoms with Gasteiger partial charge in [0.1, 0.15) is 0 Å². The molecule has 1 aliphatic rings. The Morgan fingerprint density at radius 2 is 1.76 bits per heavy atom. The Labute approximate surface area is 121 Å². The lowest BCUT2D eigenvalue weighted by Crippen LogP contribution is -2.33. The Morgan fingerprint density at radius 3 is 2.29 bits per heavy atom. The van der Waals surface area contributed by atoms with Crippen LogP contribution in [0.4, 0.5) is 13.2 Å². The van der Waals surface area contributed by atoms with Crippen molar-refractivity contribution < 1.29 is 23.1 Å². The summed E-state index contributed by atoms with van der Waals surface area (Å²) >= 11 is 0. The molecule has 1 aromatic carbocycles. The fraction of sp³-hybridized carbons (Fsp3) is 0.533. The fourth-order valence-electron chi connectivity index (χ4n) is 2.72. The largest absolute Gasteiger partial charge is 0.481 e. The highest BCUT2D eigenvalue weighted by Crippen LogP contribution is 2.23. The van der Waals surface area contributed by atoms with Crippen LogP contribution in [-0.2, 0) is 11.3 Å². The van der Waals surface area contributed by atoms with Gasteiger partial charge in [-0.3, -0.25) is 9.69 Å². The third kappa shape index (κ3) is 4.46. The van der Waals surface area contributed by atoms with Gasteiger partial charge >= 0.3 is 5.97 Å². The lowest BCUT2D eigenvalue weighted by Gasteiger charge is -2.31. The van der Waals surface area contributed by atoms with E-state index in [2.05, 4.69) is 0 Å². The quantitative estimate of drug-likeness (QED) is 0.849. The van der Waals surface area contributed by atoms with E-state index in [0.717, 1.165) is 38.1 Å². The van der Waals surface area contributed by atoms with Crippen molar-refractivity contribution >= 4 is 5.97 Å². The molecule has 0 aliphatic carbocycles. The van der Waals surface area contributed by atoms with Gasteiger partial charge in [0.15, 0.2) is 17.5 Å². The zero-order valence-corrected chi connectivity index (χ0v) is 11.6. The third-order valence-electron chi connectivity index (χ3n) is 3.92. The van der Waals surface area contributed by atoms with Crippen LogP contribution < -0.4 is 0 Å². The minimum Gasteiger partial charge on any atom is -0.481 e. The van der Waals surface area contributed by atoms with Crippen molar-refractivity contribution in [3.63, 3.8) is 0 Å². The number of carbonyl (C=O) groups is 1. The Hall–Kier alpha value is -1.56. The van der Waals surface area contributed by atoms with Gasteiger partial charge in [-0.15, -0.1) is 0 Å². The molecule has 2 rings (SSSR count). The lowest BCUT2D eigenvalue weighted by atomic mass is 9.92. The summed E-state index contributed by atoms with van der Waals surface area (Å²) in [5.41, 5.74) is 0.412. The molecule has 0 amide bonds. The maximum Gasteiger partial charge on any atom is 0.303 e. The van der Waals surface area contributed by atoms with Crippen molar-refractivity contribution in [2.75, 3.05) is 13.1 Å². The molecule has 0 radical (unpaired) electrons. The summed E-state index contributed by atoms with van der Waals surface area (Å²) in [5, 5.41) is 8.65. The summed E-state index contributed by atoms with van der Waals surface area (Å²) in [6.45, 7) is 1.88. The second-order valence-electron chi connectivity index (χ2n) is 5.53. The number of halogens is 3. The van der Waals surface area contributed by atoms with Crippen molar-refractivity contribution in [2.24, 2.45) is 5.92 Å². The predicted octanol–water partition coefficient (Wildman–Crippen LogP) is 3.18. The van der Waals surface area contributed by atoms with Crippen LogP contribution in [0.3, 0.4) is 0 Å². The summed E-state index contributed by atoms with van der Waals surface area (Å²) < 4.78 is 39.2.